The molecule has 0 bridgehead atoms. The maximum absolute atomic E-state index is 13.6. The average Bonchev–Trinajstić information content (AvgIpc) is 3.17. The Morgan fingerprint density at radius 1 is 1.23 bits per heavy atom. The van der Waals surface area contributed by atoms with Crippen molar-refractivity contribution in [2.75, 3.05) is 13.1 Å². The van der Waals surface area contributed by atoms with Gasteiger partial charge in [-0.3, -0.25) is 4.79 Å². The monoisotopic (exact) mass is 305 g/mol. The lowest BCUT2D eigenvalue weighted by atomic mass is 9.98. The zero-order chi connectivity index (χ0) is 15.3. The van der Waals surface area contributed by atoms with E-state index >= 15 is 0 Å². The normalized spacial score (nSPS) is 18.4. The first kappa shape index (κ1) is 13.4. The highest BCUT2D eigenvalue weighted by Crippen LogP contribution is 2.39. The number of nitrogens with zero attached hydrogens (tertiary/aromatic N) is 3. The van der Waals surface area contributed by atoms with Crippen LogP contribution >= 0.6 is 0 Å². The summed E-state index contributed by atoms with van der Waals surface area (Å²) in [5.41, 5.74) is -0.121. The highest BCUT2D eigenvalue weighted by atomic mass is 19.1. The molecule has 0 unspecified atom stereocenters. The Labute approximate surface area is 124 Å². The molecule has 0 radical (unpaired) electrons. The van der Waals surface area contributed by atoms with E-state index in [-0.39, 0.29) is 11.5 Å². The minimum atomic E-state index is -0.845. The summed E-state index contributed by atoms with van der Waals surface area (Å²) in [6.07, 6.45) is 2.19. The lowest BCUT2D eigenvalue weighted by Crippen LogP contribution is -2.48. The third-order valence-corrected chi connectivity index (χ3v) is 4.08. The number of rotatable bonds is 3. The molecule has 2 aromatic rings. The van der Waals surface area contributed by atoms with Gasteiger partial charge in [-0.1, -0.05) is 5.16 Å². The zero-order valence-corrected chi connectivity index (χ0v) is 11.6. The zero-order valence-electron chi connectivity index (χ0n) is 11.6. The number of halogens is 2. The number of amides is 1. The van der Waals surface area contributed by atoms with Crippen LogP contribution in [0.1, 0.15) is 46.8 Å². The predicted molar refractivity (Wildman–Crippen MR) is 71.3 cm³/mol. The van der Waals surface area contributed by atoms with Gasteiger partial charge in [-0.25, -0.2) is 8.78 Å². The molecule has 1 saturated carbocycles. The van der Waals surface area contributed by atoms with Crippen molar-refractivity contribution in [3.8, 4) is 0 Å². The Morgan fingerprint density at radius 3 is 2.68 bits per heavy atom. The number of hydrogen-bond donors (Lipinski definition) is 0. The SMILES string of the molecule is O=C(c1ccc(F)cc1F)N1CC(c2nc(C3CC3)no2)C1. The predicted octanol–water partition coefficient (Wildman–Crippen LogP) is 2.46. The molecular weight excluding hydrogens is 292 g/mol. The second-order valence-electron chi connectivity index (χ2n) is 5.80. The van der Waals surface area contributed by atoms with Gasteiger partial charge < -0.3 is 9.42 Å². The van der Waals surface area contributed by atoms with Crippen molar-refractivity contribution >= 4 is 5.91 Å². The van der Waals surface area contributed by atoms with Crippen molar-refractivity contribution in [1.29, 1.82) is 0 Å². The Kier molecular flexibility index (Phi) is 2.95. The second-order valence-corrected chi connectivity index (χ2v) is 5.80. The van der Waals surface area contributed by atoms with Gasteiger partial charge in [0.1, 0.15) is 11.6 Å². The van der Waals surface area contributed by atoms with Crippen LogP contribution in [0, 0.1) is 11.6 Å². The van der Waals surface area contributed by atoms with E-state index < -0.39 is 17.5 Å². The molecule has 1 aliphatic carbocycles. The minimum Gasteiger partial charge on any atom is -0.339 e. The van der Waals surface area contributed by atoms with Gasteiger partial charge in [0.25, 0.3) is 5.91 Å². The summed E-state index contributed by atoms with van der Waals surface area (Å²) in [7, 11) is 0. The van der Waals surface area contributed by atoms with Crippen LogP contribution in [0.3, 0.4) is 0 Å². The van der Waals surface area contributed by atoms with Crippen LogP contribution in [0.2, 0.25) is 0 Å². The van der Waals surface area contributed by atoms with Gasteiger partial charge >= 0.3 is 0 Å². The number of hydrogen-bond acceptors (Lipinski definition) is 4. The number of aromatic nitrogens is 2. The minimum absolute atomic E-state index is 0.00698. The Bertz CT molecular complexity index is 736. The molecule has 1 amide bonds. The van der Waals surface area contributed by atoms with E-state index in [2.05, 4.69) is 10.1 Å². The number of likely N-dealkylation sites (tertiary alicyclic amines) is 1. The molecule has 0 spiro atoms. The van der Waals surface area contributed by atoms with Gasteiger partial charge in [0, 0.05) is 25.1 Å². The van der Waals surface area contributed by atoms with Crippen LogP contribution in [-0.2, 0) is 0 Å². The summed E-state index contributed by atoms with van der Waals surface area (Å²) in [5.74, 6) is -0.307. The van der Waals surface area contributed by atoms with Gasteiger partial charge in [0.15, 0.2) is 5.82 Å². The summed E-state index contributed by atoms with van der Waals surface area (Å²) in [4.78, 5) is 18.0. The molecule has 7 heteroatoms. The molecule has 114 valence electrons. The van der Waals surface area contributed by atoms with Crippen LogP contribution in [0.4, 0.5) is 8.78 Å². The van der Waals surface area contributed by atoms with E-state index in [0.29, 0.717) is 31.0 Å². The first-order valence-electron chi connectivity index (χ1n) is 7.19. The van der Waals surface area contributed by atoms with Crippen molar-refractivity contribution in [3.63, 3.8) is 0 Å². The maximum atomic E-state index is 13.6. The number of carbonyl (C=O) groups is 1. The summed E-state index contributed by atoms with van der Waals surface area (Å²) >= 11 is 0. The Morgan fingerprint density at radius 2 is 2.00 bits per heavy atom. The first-order chi connectivity index (χ1) is 10.6. The molecule has 2 aliphatic rings. The molecule has 0 atom stereocenters. The smallest absolute Gasteiger partial charge is 0.256 e. The highest BCUT2D eigenvalue weighted by Gasteiger charge is 2.38. The van der Waals surface area contributed by atoms with Crippen LogP contribution in [0.5, 0.6) is 0 Å². The largest absolute Gasteiger partial charge is 0.339 e. The summed E-state index contributed by atoms with van der Waals surface area (Å²) in [6.45, 7) is 0.809. The molecule has 1 aliphatic heterocycles. The molecule has 1 aromatic carbocycles. The number of carbonyl (C=O) groups excluding carboxylic acids is 1. The summed E-state index contributed by atoms with van der Waals surface area (Å²) in [5, 5.41) is 3.94. The standard InChI is InChI=1S/C15H13F2N3O2/c16-10-3-4-11(12(17)5-10)15(21)20-6-9(7-20)14-18-13(19-22-14)8-1-2-8/h3-5,8-9H,1-2,6-7H2. The van der Waals surface area contributed by atoms with Crippen molar-refractivity contribution in [2.24, 2.45) is 0 Å². The van der Waals surface area contributed by atoms with E-state index in [1.165, 1.54) is 4.90 Å². The molecule has 22 heavy (non-hydrogen) atoms. The van der Waals surface area contributed by atoms with E-state index in [4.69, 9.17) is 4.52 Å². The van der Waals surface area contributed by atoms with E-state index in [0.717, 1.165) is 30.8 Å². The fourth-order valence-corrected chi connectivity index (χ4v) is 2.55. The third-order valence-electron chi connectivity index (χ3n) is 4.08. The van der Waals surface area contributed by atoms with Crippen LogP contribution in [-0.4, -0.2) is 34.0 Å². The van der Waals surface area contributed by atoms with Gasteiger partial charge in [0.2, 0.25) is 5.89 Å². The van der Waals surface area contributed by atoms with Crippen molar-refractivity contribution < 1.29 is 18.1 Å². The Hall–Kier alpha value is -2.31. The van der Waals surface area contributed by atoms with Crippen molar-refractivity contribution in [1.82, 2.24) is 15.0 Å². The van der Waals surface area contributed by atoms with E-state index in [1.807, 2.05) is 0 Å². The lowest BCUT2D eigenvalue weighted by Gasteiger charge is -2.37. The fraction of sp³-hybridized carbons (Fsp3) is 0.400. The lowest BCUT2D eigenvalue weighted by molar-refractivity contribution is 0.0564. The van der Waals surface area contributed by atoms with Gasteiger partial charge in [-0.2, -0.15) is 4.98 Å². The molecule has 4 rings (SSSR count). The summed E-state index contributed by atoms with van der Waals surface area (Å²) < 4.78 is 31.7. The number of benzene rings is 1. The molecule has 0 N–H and O–H groups in total. The van der Waals surface area contributed by atoms with Crippen LogP contribution in [0.15, 0.2) is 22.7 Å². The summed E-state index contributed by atoms with van der Waals surface area (Å²) in [6, 6.07) is 2.95. The van der Waals surface area contributed by atoms with Gasteiger partial charge in [-0.05, 0) is 25.0 Å². The highest BCUT2D eigenvalue weighted by molar-refractivity contribution is 5.95. The second kappa shape index (κ2) is 4.86. The van der Waals surface area contributed by atoms with Crippen LogP contribution in [0.25, 0.3) is 0 Å². The quantitative estimate of drug-likeness (QED) is 0.874. The topological polar surface area (TPSA) is 59.2 Å². The Balaban J connectivity index is 1.42. The molecule has 2 heterocycles. The fourth-order valence-electron chi connectivity index (χ4n) is 2.55. The molecule has 5 nitrogen and oxygen atoms in total. The molecule has 1 aromatic heterocycles. The van der Waals surface area contributed by atoms with E-state index in [1.54, 1.807) is 0 Å². The van der Waals surface area contributed by atoms with Crippen molar-refractivity contribution in [3.05, 3.63) is 47.1 Å². The average molecular weight is 305 g/mol. The molecule has 1 saturated heterocycles. The van der Waals surface area contributed by atoms with Crippen LogP contribution < -0.4 is 0 Å². The van der Waals surface area contributed by atoms with Gasteiger partial charge in [0.05, 0.1) is 11.5 Å². The first-order valence-corrected chi connectivity index (χ1v) is 7.19. The molecule has 2 fully saturated rings. The van der Waals surface area contributed by atoms with Crippen molar-refractivity contribution in [2.45, 2.75) is 24.7 Å². The van der Waals surface area contributed by atoms with Gasteiger partial charge in [-0.15, -0.1) is 0 Å². The third kappa shape index (κ3) is 2.26. The molecular formula is C15H13F2N3O2. The maximum Gasteiger partial charge on any atom is 0.256 e. The van der Waals surface area contributed by atoms with E-state index in [9.17, 15) is 13.6 Å².